The van der Waals surface area contributed by atoms with Crippen molar-refractivity contribution in [1.82, 2.24) is 0 Å². The van der Waals surface area contributed by atoms with Crippen molar-refractivity contribution >= 4 is 11.7 Å². The molecule has 4 nitrogen and oxygen atoms in total. The Morgan fingerprint density at radius 2 is 2.24 bits per heavy atom. The number of benzene rings is 1. The van der Waals surface area contributed by atoms with Gasteiger partial charge in [0.25, 0.3) is 0 Å². The van der Waals surface area contributed by atoms with E-state index in [0.717, 1.165) is 0 Å². The Kier molecular flexibility index (Phi) is 4.57. The Bertz CT molecular complexity index is 413. The number of hydrogen-bond acceptors (Lipinski definition) is 4. The van der Waals surface area contributed by atoms with Crippen LogP contribution < -0.4 is 10.5 Å². The van der Waals surface area contributed by atoms with Crippen LogP contribution in [0.3, 0.4) is 0 Å². The van der Waals surface area contributed by atoms with E-state index in [9.17, 15) is 4.79 Å². The zero-order valence-corrected chi connectivity index (χ0v) is 10.1. The van der Waals surface area contributed by atoms with Crippen molar-refractivity contribution in [3.63, 3.8) is 0 Å². The van der Waals surface area contributed by atoms with E-state index in [4.69, 9.17) is 15.2 Å². The number of ether oxygens (including phenoxy) is 2. The molecule has 2 N–H and O–H groups in total. The van der Waals surface area contributed by atoms with Crippen LogP contribution in [-0.2, 0) is 4.74 Å². The first-order valence-electron chi connectivity index (χ1n) is 5.38. The molecule has 1 rings (SSSR count). The Morgan fingerprint density at radius 3 is 2.82 bits per heavy atom. The second-order valence-electron chi connectivity index (χ2n) is 3.81. The fraction of sp³-hybridized carbons (Fsp3) is 0.308. The van der Waals surface area contributed by atoms with Crippen molar-refractivity contribution in [1.29, 1.82) is 0 Å². The van der Waals surface area contributed by atoms with Crippen molar-refractivity contribution in [2.75, 3.05) is 12.3 Å². The van der Waals surface area contributed by atoms with Crippen LogP contribution in [0.1, 0.15) is 24.2 Å². The fourth-order valence-corrected chi connectivity index (χ4v) is 1.22. The molecule has 0 saturated heterocycles. The minimum absolute atomic E-state index is 0.155. The summed E-state index contributed by atoms with van der Waals surface area (Å²) in [6, 6.07) is 4.81. The van der Waals surface area contributed by atoms with Gasteiger partial charge in [0, 0.05) is 0 Å². The van der Waals surface area contributed by atoms with E-state index in [2.05, 4.69) is 6.58 Å². The van der Waals surface area contributed by atoms with E-state index in [1.165, 1.54) is 0 Å². The molecule has 0 aliphatic heterocycles. The van der Waals surface area contributed by atoms with Gasteiger partial charge in [-0.05, 0) is 32.0 Å². The van der Waals surface area contributed by atoms with Crippen LogP contribution in [0.4, 0.5) is 5.69 Å². The third-order valence-electron chi connectivity index (χ3n) is 1.95. The second-order valence-corrected chi connectivity index (χ2v) is 3.81. The van der Waals surface area contributed by atoms with Gasteiger partial charge in [-0.2, -0.15) is 0 Å². The summed E-state index contributed by atoms with van der Waals surface area (Å²) in [5.41, 5.74) is 6.62. The Morgan fingerprint density at radius 1 is 1.53 bits per heavy atom. The van der Waals surface area contributed by atoms with Crippen LogP contribution >= 0.6 is 0 Å². The van der Waals surface area contributed by atoms with Gasteiger partial charge in [-0.15, -0.1) is 0 Å². The molecule has 0 saturated carbocycles. The number of carbonyl (C=O) groups excluding carboxylic acids is 1. The molecule has 0 heterocycles. The molecule has 0 aromatic heterocycles. The molecule has 0 unspecified atom stereocenters. The van der Waals surface area contributed by atoms with Crippen molar-refractivity contribution in [3.8, 4) is 5.75 Å². The quantitative estimate of drug-likeness (QED) is 0.483. The predicted octanol–water partition coefficient (Wildman–Crippen LogP) is 2.40. The molecule has 0 bridgehead atoms. The molecule has 0 fully saturated rings. The Labute approximate surface area is 101 Å². The minimum Gasteiger partial charge on any atom is -0.487 e. The van der Waals surface area contributed by atoms with Crippen LogP contribution in [0.15, 0.2) is 30.9 Å². The van der Waals surface area contributed by atoms with Gasteiger partial charge in [-0.1, -0.05) is 12.7 Å². The van der Waals surface area contributed by atoms with Gasteiger partial charge in [-0.3, -0.25) is 0 Å². The molecule has 92 valence electrons. The van der Waals surface area contributed by atoms with Crippen molar-refractivity contribution < 1.29 is 14.3 Å². The summed E-state index contributed by atoms with van der Waals surface area (Å²) < 4.78 is 10.4. The number of carbonyl (C=O) groups is 1. The van der Waals surface area contributed by atoms with Crippen LogP contribution in [-0.4, -0.2) is 18.7 Å². The summed E-state index contributed by atoms with van der Waals surface area (Å²) >= 11 is 0. The first-order chi connectivity index (χ1) is 8.04. The van der Waals surface area contributed by atoms with E-state index in [1.54, 1.807) is 38.1 Å². The lowest BCUT2D eigenvalue weighted by Gasteiger charge is -2.11. The molecule has 1 aromatic rings. The summed E-state index contributed by atoms with van der Waals surface area (Å²) in [6.07, 6.45) is 1.45. The lowest BCUT2D eigenvalue weighted by Crippen LogP contribution is -2.12. The van der Waals surface area contributed by atoms with E-state index >= 15 is 0 Å². The molecule has 1 aromatic carbocycles. The van der Waals surface area contributed by atoms with Gasteiger partial charge in [0.15, 0.2) is 0 Å². The molecule has 0 amide bonds. The SMILES string of the molecule is C=CCOc1cc(C(=O)OC(C)C)ccc1N. The smallest absolute Gasteiger partial charge is 0.338 e. The highest BCUT2D eigenvalue weighted by atomic mass is 16.5. The van der Waals surface area contributed by atoms with Gasteiger partial charge in [0.05, 0.1) is 17.4 Å². The number of anilines is 1. The fourth-order valence-electron chi connectivity index (χ4n) is 1.22. The summed E-state index contributed by atoms with van der Waals surface area (Å²) in [7, 11) is 0. The van der Waals surface area contributed by atoms with Gasteiger partial charge in [0.2, 0.25) is 0 Å². The van der Waals surface area contributed by atoms with Gasteiger partial charge < -0.3 is 15.2 Å². The third-order valence-corrected chi connectivity index (χ3v) is 1.95. The summed E-state index contributed by atoms with van der Waals surface area (Å²) in [5.74, 6) is 0.0755. The molecule has 17 heavy (non-hydrogen) atoms. The average molecular weight is 235 g/mol. The summed E-state index contributed by atoms with van der Waals surface area (Å²) in [6.45, 7) is 7.48. The number of esters is 1. The first-order valence-corrected chi connectivity index (χ1v) is 5.38. The lowest BCUT2D eigenvalue weighted by molar-refractivity contribution is 0.0377. The van der Waals surface area contributed by atoms with Crippen LogP contribution in [0.2, 0.25) is 0 Å². The highest BCUT2D eigenvalue weighted by Crippen LogP contribution is 2.23. The molecular weight excluding hydrogens is 218 g/mol. The third kappa shape index (κ3) is 3.83. The standard InChI is InChI=1S/C13H17NO3/c1-4-7-16-12-8-10(5-6-11(12)14)13(15)17-9(2)3/h4-6,8-9H,1,7,14H2,2-3H3. The number of hydrogen-bond donors (Lipinski definition) is 1. The molecular formula is C13H17NO3. The summed E-state index contributed by atoms with van der Waals surface area (Å²) in [4.78, 5) is 11.7. The zero-order valence-electron chi connectivity index (χ0n) is 10.1. The second kappa shape index (κ2) is 5.94. The number of rotatable bonds is 5. The predicted molar refractivity (Wildman–Crippen MR) is 67.1 cm³/mol. The van der Waals surface area contributed by atoms with Crippen molar-refractivity contribution in [3.05, 3.63) is 36.4 Å². The maximum atomic E-state index is 11.7. The number of nitrogens with two attached hydrogens (primary N) is 1. The van der Waals surface area contributed by atoms with E-state index < -0.39 is 0 Å². The largest absolute Gasteiger partial charge is 0.487 e. The molecule has 0 radical (unpaired) electrons. The zero-order chi connectivity index (χ0) is 12.8. The Balaban J connectivity index is 2.87. The highest BCUT2D eigenvalue weighted by Gasteiger charge is 2.11. The van der Waals surface area contributed by atoms with E-state index in [0.29, 0.717) is 23.6 Å². The minimum atomic E-state index is -0.386. The number of nitrogen functional groups attached to an aromatic ring is 1. The topological polar surface area (TPSA) is 61.5 Å². The lowest BCUT2D eigenvalue weighted by atomic mass is 10.2. The monoisotopic (exact) mass is 235 g/mol. The van der Waals surface area contributed by atoms with Crippen LogP contribution in [0.5, 0.6) is 5.75 Å². The Hall–Kier alpha value is -1.97. The van der Waals surface area contributed by atoms with Crippen LogP contribution in [0, 0.1) is 0 Å². The van der Waals surface area contributed by atoms with Crippen molar-refractivity contribution in [2.24, 2.45) is 0 Å². The molecule has 0 aliphatic rings. The molecule has 0 spiro atoms. The normalized spacial score (nSPS) is 10.1. The summed E-state index contributed by atoms with van der Waals surface area (Å²) in [5, 5.41) is 0. The van der Waals surface area contributed by atoms with Crippen molar-refractivity contribution in [2.45, 2.75) is 20.0 Å². The molecule has 0 aliphatic carbocycles. The highest BCUT2D eigenvalue weighted by molar-refractivity contribution is 5.90. The van der Waals surface area contributed by atoms with E-state index in [1.807, 2.05) is 0 Å². The van der Waals surface area contributed by atoms with Crippen LogP contribution in [0.25, 0.3) is 0 Å². The van der Waals surface area contributed by atoms with E-state index in [-0.39, 0.29) is 12.1 Å². The maximum Gasteiger partial charge on any atom is 0.338 e. The average Bonchev–Trinajstić information content (AvgIpc) is 2.27. The van der Waals surface area contributed by atoms with Gasteiger partial charge in [-0.25, -0.2) is 4.79 Å². The molecule has 0 atom stereocenters. The van der Waals surface area contributed by atoms with Gasteiger partial charge >= 0.3 is 5.97 Å². The van der Waals surface area contributed by atoms with Gasteiger partial charge in [0.1, 0.15) is 12.4 Å². The molecule has 4 heteroatoms. The maximum absolute atomic E-state index is 11.7. The first kappa shape index (κ1) is 13.1.